The van der Waals surface area contributed by atoms with E-state index in [1.807, 2.05) is 0 Å². The van der Waals surface area contributed by atoms with Crippen molar-refractivity contribution < 1.29 is 18.9 Å². The molecule has 3 atom stereocenters. The molecular weight excluding hydrogens is 292 g/mol. The standard InChI is InChI=1S/C19H28O4/c1-19-9-8-14-12-15(21-3)4-5-16(14)17(19)6-7-18(19)23-13-22-11-10-20-2/h4-5,12,17-18H,6-11,13H2,1-3H3/t17-,18+,19+/m1/s1. The van der Waals surface area contributed by atoms with Crippen molar-refractivity contribution in [1.29, 1.82) is 0 Å². The van der Waals surface area contributed by atoms with E-state index in [-0.39, 0.29) is 11.5 Å². The Labute approximate surface area is 139 Å². The van der Waals surface area contributed by atoms with E-state index < -0.39 is 0 Å². The normalized spacial score (nSPS) is 29.2. The number of hydrogen-bond acceptors (Lipinski definition) is 4. The van der Waals surface area contributed by atoms with Crippen LogP contribution in [0.5, 0.6) is 5.75 Å². The Kier molecular flexibility index (Phi) is 5.24. The van der Waals surface area contributed by atoms with Crippen LogP contribution in [0, 0.1) is 5.41 Å². The number of ether oxygens (including phenoxy) is 4. The zero-order valence-electron chi connectivity index (χ0n) is 14.5. The van der Waals surface area contributed by atoms with Gasteiger partial charge in [0, 0.05) is 12.5 Å². The molecule has 0 amide bonds. The molecule has 1 saturated carbocycles. The third kappa shape index (κ3) is 3.25. The molecule has 0 N–H and O–H groups in total. The quantitative estimate of drug-likeness (QED) is 0.569. The molecule has 3 rings (SSSR count). The van der Waals surface area contributed by atoms with Crippen LogP contribution in [0.3, 0.4) is 0 Å². The summed E-state index contributed by atoms with van der Waals surface area (Å²) in [5.41, 5.74) is 3.15. The second-order valence-electron chi connectivity index (χ2n) is 6.87. The van der Waals surface area contributed by atoms with Gasteiger partial charge in [-0.1, -0.05) is 13.0 Å². The highest BCUT2D eigenvalue weighted by atomic mass is 16.7. The Morgan fingerprint density at radius 1 is 1.17 bits per heavy atom. The summed E-state index contributed by atoms with van der Waals surface area (Å²) in [5.74, 6) is 1.55. The second kappa shape index (κ2) is 7.20. The highest BCUT2D eigenvalue weighted by Gasteiger charge is 2.50. The fourth-order valence-corrected chi connectivity index (χ4v) is 4.32. The summed E-state index contributed by atoms with van der Waals surface area (Å²) >= 11 is 0. The van der Waals surface area contributed by atoms with E-state index in [2.05, 4.69) is 25.1 Å². The molecule has 0 heterocycles. The minimum absolute atomic E-state index is 0.214. The van der Waals surface area contributed by atoms with Gasteiger partial charge in [-0.3, -0.25) is 0 Å². The zero-order chi connectivity index (χ0) is 16.3. The first-order valence-corrected chi connectivity index (χ1v) is 8.54. The molecule has 0 radical (unpaired) electrons. The third-order valence-electron chi connectivity index (χ3n) is 5.69. The molecule has 23 heavy (non-hydrogen) atoms. The van der Waals surface area contributed by atoms with Crippen molar-refractivity contribution in [2.75, 3.05) is 34.2 Å². The number of benzene rings is 1. The Morgan fingerprint density at radius 3 is 2.83 bits per heavy atom. The van der Waals surface area contributed by atoms with E-state index in [1.165, 1.54) is 24.0 Å². The molecule has 0 spiro atoms. The van der Waals surface area contributed by atoms with Crippen LogP contribution in [0.4, 0.5) is 0 Å². The van der Waals surface area contributed by atoms with Crippen molar-refractivity contribution in [3.63, 3.8) is 0 Å². The Morgan fingerprint density at radius 2 is 2.04 bits per heavy atom. The van der Waals surface area contributed by atoms with Crippen molar-refractivity contribution in [2.24, 2.45) is 5.41 Å². The van der Waals surface area contributed by atoms with Crippen molar-refractivity contribution >= 4 is 0 Å². The summed E-state index contributed by atoms with van der Waals surface area (Å²) in [6, 6.07) is 6.55. The third-order valence-corrected chi connectivity index (χ3v) is 5.69. The van der Waals surface area contributed by atoms with Crippen LogP contribution < -0.4 is 4.74 Å². The lowest BCUT2D eigenvalue weighted by Gasteiger charge is -2.41. The monoisotopic (exact) mass is 320 g/mol. The predicted octanol–water partition coefficient (Wildman–Crippen LogP) is 3.53. The van der Waals surface area contributed by atoms with Crippen LogP contribution in [0.15, 0.2) is 18.2 Å². The first kappa shape index (κ1) is 16.7. The molecule has 0 aliphatic heterocycles. The van der Waals surface area contributed by atoms with Gasteiger partial charge < -0.3 is 18.9 Å². The van der Waals surface area contributed by atoms with Crippen molar-refractivity contribution in [3.05, 3.63) is 29.3 Å². The molecule has 1 fully saturated rings. The lowest BCUT2D eigenvalue weighted by molar-refractivity contribution is -0.127. The van der Waals surface area contributed by atoms with Crippen LogP contribution in [0.1, 0.15) is 43.2 Å². The van der Waals surface area contributed by atoms with Gasteiger partial charge in [-0.15, -0.1) is 0 Å². The van der Waals surface area contributed by atoms with E-state index in [1.54, 1.807) is 14.2 Å². The molecule has 1 aromatic carbocycles. The fourth-order valence-electron chi connectivity index (χ4n) is 4.32. The highest BCUT2D eigenvalue weighted by molar-refractivity contribution is 5.41. The lowest BCUT2D eigenvalue weighted by Crippen LogP contribution is -2.37. The number of aryl methyl sites for hydroxylation is 1. The summed E-state index contributed by atoms with van der Waals surface area (Å²) in [6.45, 7) is 3.96. The first-order valence-electron chi connectivity index (χ1n) is 8.54. The van der Waals surface area contributed by atoms with Gasteiger partial charge in [-0.2, -0.15) is 0 Å². The SMILES string of the molecule is COCCOCO[C@H]1CC[C@@H]2c3ccc(OC)cc3CC[C@]12C. The van der Waals surface area contributed by atoms with Gasteiger partial charge in [0.15, 0.2) is 0 Å². The molecule has 4 nitrogen and oxygen atoms in total. The molecule has 1 aromatic rings. The maximum absolute atomic E-state index is 6.08. The largest absolute Gasteiger partial charge is 0.497 e. The molecule has 0 saturated heterocycles. The maximum atomic E-state index is 6.08. The Hall–Kier alpha value is -1.10. The molecule has 0 unspecified atom stereocenters. The van der Waals surface area contributed by atoms with Crippen molar-refractivity contribution in [2.45, 2.75) is 44.6 Å². The number of methoxy groups -OCH3 is 2. The van der Waals surface area contributed by atoms with Crippen LogP contribution in [0.25, 0.3) is 0 Å². The number of fused-ring (bicyclic) bond motifs is 3. The van der Waals surface area contributed by atoms with Crippen molar-refractivity contribution in [1.82, 2.24) is 0 Å². The topological polar surface area (TPSA) is 36.9 Å². The van der Waals surface area contributed by atoms with Gasteiger partial charge in [0.25, 0.3) is 0 Å². The summed E-state index contributed by atoms with van der Waals surface area (Å²) in [6.07, 6.45) is 4.86. The average molecular weight is 320 g/mol. The van der Waals surface area contributed by atoms with Gasteiger partial charge in [0.2, 0.25) is 0 Å². The number of rotatable bonds is 7. The molecule has 4 heteroatoms. The van der Waals surface area contributed by atoms with E-state index in [0.717, 1.165) is 18.6 Å². The van der Waals surface area contributed by atoms with Gasteiger partial charge in [0.1, 0.15) is 12.5 Å². The molecule has 128 valence electrons. The van der Waals surface area contributed by atoms with E-state index in [4.69, 9.17) is 18.9 Å². The zero-order valence-corrected chi connectivity index (χ0v) is 14.5. The molecular formula is C19H28O4. The van der Waals surface area contributed by atoms with Crippen LogP contribution in [0.2, 0.25) is 0 Å². The Bertz CT molecular complexity index is 530. The second-order valence-corrected chi connectivity index (χ2v) is 6.87. The van der Waals surface area contributed by atoms with Gasteiger partial charge >= 0.3 is 0 Å². The van der Waals surface area contributed by atoms with E-state index in [9.17, 15) is 0 Å². The maximum Gasteiger partial charge on any atom is 0.147 e. The summed E-state index contributed by atoms with van der Waals surface area (Å²) in [7, 11) is 3.42. The smallest absolute Gasteiger partial charge is 0.147 e. The first-order chi connectivity index (χ1) is 11.2. The molecule has 0 aromatic heterocycles. The minimum atomic E-state index is 0.214. The lowest BCUT2D eigenvalue weighted by atomic mass is 9.66. The minimum Gasteiger partial charge on any atom is -0.497 e. The van der Waals surface area contributed by atoms with Crippen LogP contribution in [-0.2, 0) is 20.6 Å². The summed E-state index contributed by atoms with van der Waals surface area (Å²) in [5, 5.41) is 0. The van der Waals surface area contributed by atoms with Crippen LogP contribution in [-0.4, -0.2) is 40.3 Å². The van der Waals surface area contributed by atoms with Gasteiger partial charge in [-0.25, -0.2) is 0 Å². The average Bonchev–Trinajstić information content (AvgIpc) is 2.91. The Balaban J connectivity index is 1.66. The summed E-state index contributed by atoms with van der Waals surface area (Å²) < 4.78 is 21.9. The molecule has 2 aliphatic carbocycles. The van der Waals surface area contributed by atoms with Crippen LogP contribution >= 0.6 is 0 Å². The fraction of sp³-hybridized carbons (Fsp3) is 0.684. The molecule has 2 aliphatic rings. The molecule has 0 bridgehead atoms. The number of hydrogen-bond donors (Lipinski definition) is 0. The predicted molar refractivity (Wildman–Crippen MR) is 89.0 cm³/mol. The van der Waals surface area contributed by atoms with E-state index in [0.29, 0.717) is 25.9 Å². The summed E-state index contributed by atoms with van der Waals surface area (Å²) in [4.78, 5) is 0. The van der Waals surface area contributed by atoms with E-state index >= 15 is 0 Å². The van der Waals surface area contributed by atoms with Gasteiger partial charge in [-0.05, 0) is 54.9 Å². The highest BCUT2D eigenvalue weighted by Crippen LogP contribution is 2.56. The van der Waals surface area contributed by atoms with Crippen molar-refractivity contribution in [3.8, 4) is 5.75 Å². The van der Waals surface area contributed by atoms with Gasteiger partial charge in [0.05, 0.1) is 26.4 Å².